The Bertz CT molecular complexity index is 621. The molecular formula is C20H33BN4O4. The van der Waals surface area contributed by atoms with Crippen molar-refractivity contribution in [2.45, 2.75) is 46.3 Å². The molecule has 1 rings (SSSR count). The first-order valence-electron chi connectivity index (χ1n) is 9.71. The summed E-state index contributed by atoms with van der Waals surface area (Å²) in [5.74, 6) is -1.28. The van der Waals surface area contributed by atoms with Crippen molar-refractivity contribution in [2.75, 3.05) is 25.5 Å². The van der Waals surface area contributed by atoms with Crippen LogP contribution in [0.3, 0.4) is 0 Å². The van der Waals surface area contributed by atoms with Crippen LogP contribution in [0.1, 0.15) is 39.2 Å². The van der Waals surface area contributed by atoms with Gasteiger partial charge in [-0.2, -0.15) is 0 Å². The van der Waals surface area contributed by atoms with Crippen LogP contribution in [-0.4, -0.2) is 51.7 Å². The van der Waals surface area contributed by atoms with Gasteiger partial charge in [-0.15, -0.1) is 0 Å². The molecule has 0 bridgehead atoms. The molecule has 0 fully saturated rings. The number of unbranched alkanes of at least 4 members (excludes halogenated alkanes) is 1. The number of carbonyl (C=O) groups is 3. The largest absolute Gasteiger partial charge is 0.470 e. The third-order valence-corrected chi connectivity index (χ3v) is 3.86. The second-order valence-electron chi connectivity index (χ2n) is 6.72. The minimum absolute atomic E-state index is 0.0697. The summed E-state index contributed by atoms with van der Waals surface area (Å²) in [7, 11) is 6.59. The maximum absolute atomic E-state index is 11.9. The molecule has 0 aromatic heterocycles. The van der Waals surface area contributed by atoms with Gasteiger partial charge in [0.05, 0.1) is 12.6 Å². The molecule has 1 atom stereocenters. The van der Waals surface area contributed by atoms with Crippen molar-refractivity contribution >= 4 is 31.2 Å². The smallest absolute Gasteiger partial charge is 0.243 e. The predicted octanol–water partition coefficient (Wildman–Crippen LogP) is 1.54. The van der Waals surface area contributed by atoms with E-state index in [-0.39, 0.29) is 36.9 Å². The van der Waals surface area contributed by atoms with Crippen LogP contribution < -0.4 is 21.7 Å². The summed E-state index contributed by atoms with van der Waals surface area (Å²) in [6.07, 6.45) is 2.39. The lowest BCUT2D eigenvalue weighted by Crippen LogP contribution is -2.47. The van der Waals surface area contributed by atoms with E-state index < -0.39 is 5.87 Å². The van der Waals surface area contributed by atoms with Crippen molar-refractivity contribution in [3.8, 4) is 0 Å². The molecule has 0 heterocycles. The van der Waals surface area contributed by atoms with Crippen molar-refractivity contribution in [2.24, 2.45) is 11.7 Å². The van der Waals surface area contributed by atoms with Crippen LogP contribution >= 0.6 is 0 Å². The van der Waals surface area contributed by atoms with E-state index in [2.05, 4.69) is 27.6 Å². The highest BCUT2D eigenvalue weighted by Crippen LogP contribution is 2.10. The molecular weight excluding hydrogens is 371 g/mol. The Kier molecular flexibility index (Phi) is 14.3. The number of hydrogen-bond acceptors (Lipinski definition) is 6. The number of hydrogen-bond donors (Lipinski definition) is 4. The first-order valence-corrected chi connectivity index (χ1v) is 9.71. The molecule has 5 N–H and O–H groups in total. The molecule has 2 amide bonds. The molecule has 8 nitrogen and oxygen atoms in total. The average Bonchev–Trinajstić information content (AvgIpc) is 2.67. The zero-order valence-electron chi connectivity index (χ0n) is 17.8. The van der Waals surface area contributed by atoms with Crippen LogP contribution in [0.5, 0.6) is 0 Å². The average molecular weight is 404 g/mol. The Labute approximate surface area is 174 Å². The van der Waals surface area contributed by atoms with E-state index in [9.17, 15) is 14.4 Å². The third kappa shape index (κ3) is 12.6. The number of anilines is 1. The van der Waals surface area contributed by atoms with Gasteiger partial charge in [0.15, 0.2) is 0 Å². The van der Waals surface area contributed by atoms with Crippen molar-refractivity contribution in [3.63, 3.8) is 0 Å². The van der Waals surface area contributed by atoms with Crippen molar-refractivity contribution in [1.82, 2.24) is 10.6 Å². The van der Waals surface area contributed by atoms with Gasteiger partial charge in [0.25, 0.3) is 0 Å². The van der Waals surface area contributed by atoms with Gasteiger partial charge in [-0.3, -0.25) is 14.4 Å². The van der Waals surface area contributed by atoms with Gasteiger partial charge < -0.3 is 26.4 Å². The van der Waals surface area contributed by atoms with Crippen LogP contribution in [0, 0.1) is 5.92 Å². The summed E-state index contributed by atoms with van der Waals surface area (Å²) in [6, 6.07) is 6.40. The zero-order chi connectivity index (χ0) is 22.2. The van der Waals surface area contributed by atoms with Gasteiger partial charge in [-0.25, -0.2) is 0 Å². The van der Waals surface area contributed by atoms with Crippen molar-refractivity contribution < 1.29 is 19.1 Å². The van der Waals surface area contributed by atoms with Crippen LogP contribution in [0.15, 0.2) is 24.3 Å². The molecule has 1 aromatic rings. The number of carbonyl (C=O) groups excluding carboxylic acids is 3. The van der Waals surface area contributed by atoms with E-state index in [0.717, 1.165) is 12.1 Å². The maximum atomic E-state index is 11.9. The fourth-order valence-corrected chi connectivity index (χ4v) is 2.29. The number of nitrogens with one attached hydrogen (secondary N) is 3. The second kappa shape index (κ2) is 15.5. The fourth-order valence-electron chi connectivity index (χ4n) is 2.29. The van der Waals surface area contributed by atoms with Crippen LogP contribution in [0.25, 0.3) is 0 Å². The molecule has 9 heteroatoms. The molecule has 0 aliphatic heterocycles. The summed E-state index contributed by atoms with van der Waals surface area (Å²) >= 11 is 0. The highest BCUT2D eigenvalue weighted by Gasteiger charge is 2.20. The number of likely N-dealkylation sites (N-methyl/N-ethyl adjacent to an activating group) is 1. The van der Waals surface area contributed by atoms with Gasteiger partial charge >= 0.3 is 0 Å². The minimum atomic E-state index is -0.843. The van der Waals surface area contributed by atoms with Crippen molar-refractivity contribution in [3.05, 3.63) is 29.8 Å². The molecule has 0 aliphatic carbocycles. The molecule has 0 aliphatic rings. The van der Waals surface area contributed by atoms with E-state index in [1.807, 2.05) is 13.8 Å². The lowest BCUT2D eigenvalue weighted by molar-refractivity contribution is -0.126. The molecule has 0 saturated carbocycles. The van der Waals surface area contributed by atoms with Crippen LogP contribution in [0.2, 0.25) is 0 Å². The Morgan fingerprint density at radius 2 is 1.79 bits per heavy atom. The van der Waals surface area contributed by atoms with E-state index in [1.165, 1.54) is 12.8 Å². The third-order valence-electron chi connectivity index (χ3n) is 3.86. The molecule has 0 saturated heterocycles. The fraction of sp³-hybridized carbons (Fsp3) is 0.550. The maximum Gasteiger partial charge on any atom is 0.243 e. The highest BCUT2D eigenvalue weighted by atomic mass is 16.5. The SMILES string of the molecule is CCCCN.[B]C(=O)OCc1ccc(NC(=O)CNC(=O)C(NC)C(C)C)cc1. The van der Waals surface area contributed by atoms with E-state index >= 15 is 0 Å². The standard InChI is InChI=1S/C16H22BN3O4.C4H11N/c1-10(2)14(18-3)15(22)19-8-13(21)20-12-6-4-11(5-7-12)9-24-16(17)23;1-2-3-4-5/h4-7,10,14,18H,8-9H2,1-3H3,(H,19,22)(H,20,21);2-5H2,1H3. The zero-order valence-corrected chi connectivity index (χ0v) is 17.8. The van der Waals surface area contributed by atoms with E-state index in [1.54, 1.807) is 31.3 Å². The van der Waals surface area contributed by atoms with Gasteiger partial charge in [-0.05, 0) is 43.6 Å². The van der Waals surface area contributed by atoms with Crippen LogP contribution in [-0.2, 0) is 20.9 Å². The molecule has 2 radical (unpaired) electrons. The Morgan fingerprint density at radius 3 is 2.21 bits per heavy atom. The second-order valence-corrected chi connectivity index (χ2v) is 6.72. The monoisotopic (exact) mass is 404 g/mol. The molecule has 1 unspecified atom stereocenters. The molecule has 160 valence electrons. The number of benzene rings is 1. The van der Waals surface area contributed by atoms with Gasteiger partial charge in [0.2, 0.25) is 25.5 Å². The number of nitrogens with two attached hydrogens (primary N) is 1. The summed E-state index contributed by atoms with van der Waals surface area (Å²) in [6.45, 7) is 6.77. The van der Waals surface area contributed by atoms with Crippen LogP contribution in [0.4, 0.5) is 10.5 Å². The highest BCUT2D eigenvalue weighted by molar-refractivity contribution is 6.55. The lowest BCUT2D eigenvalue weighted by atomic mass is 10.0. The van der Waals surface area contributed by atoms with Gasteiger partial charge in [-0.1, -0.05) is 39.3 Å². The van der Waals surface area contributed by atoms with E-state index in [4.69, 9.17) is 13.6 Å². The Morgan fingerprint density at radius 1 is 1.17 bits per heavy atom. The number of ether oxygens (including phenoxy) is 1. The topological polar surface area (TPSA) is 123 Å². The van der Waals surface area contributed by atoms with Gasteiger partial charge in [0.1, 0.15) is 6.61 Å². The van der Waals surface area contributed by atoms with E-state index in [0.29, 0.717) is 5.69 Å². The summed E-state index contributed by atoms with van der Waals surface area (Å²) in [5, 5.41) is 8.18. The quantitative estimate of drug-likeness (QED) is 0.439. The minimum Gasteiger partial charge on any atom is -0.470 e. The summed E-state index contributed by atoms with van der Waals surface area (Å²) in [4.78, 5) is 34.3. The Hall–Kier alpha value is -2.39. The molecule has 0 spiro atoms. The van der Waals surface area contributed by atoms with Crippen molar-refractivity contribution in [1.29, 1.82) is 0 Å². The van der Waals surface area contributed by atoms with Gasteiger partial charge in [0, 0.05) is 5.69 Å². The number of rotatable bonds is 10. The predicted molar refractivity (Wildman–Crippen MR) is 116 cm³/mol. The lowest BCUT2D eigenvalue weighted by Gasteiger charge is -2.19. The first kappa shape index (κ1) is 26.6. The summed E-state index contributed by atoms with van der Waals surface area (Å²) < 4.78 is 4.66. The molecule has 29 heavy (non-hydrogen) atoms. The molecule has 1 aromatic carbocycles. The summed E-state index contributed by atoms with van der Waals surface area (Å²) in [5.41, 5.74) is 6.46. The first-order chi connectivity index (χ1) is 13.7. The number of amides is 2. The Balaban J connectivity index is 0.00000139. The normalized spacial score (nSPS) is 11.1.